The third-order valence-corrected chi connectivity index (χ3v) is 4.99. The zero-order chi connectivity index (χ0) is 7.45. The zero-order valence-corrected chi connectivity index (χ0v) is 7.69. The van der Waals surface area contributed by atoms with Gasteiger partial charge in [0.2, 0.25) is 0 Å². The highest BCUT2D eigenvalue weighted by atomic mass is 32.2. The van der Waals surface area contributed by atoms with E-state index in [1.807, 2.05) is 29.8 Å². The molecule has 0 aliphatic carbocycles. The zero-order valence-electron chi connectivity index (χ0n) is 6.05. The van der Waals surface area contributed by atoms with Gasteiger partial charge in [0.1, 0.15) is 0 Å². The summed E-state index contributed by atoms with van der Waals surface area (Å²) in [6, 6.07) is 0. The molecule has 1 aliphatic heterocycles. The lowest BCUT2D eigenvalue weighted by atomic mass is 10.2. The van der Waals surface area contributed by atoms with E-state index in [2.05, 4.69) is 6.92 Å². The molecule has 0 bridgehead atoms. The highest BCUT2D eigenvalue weighted by Crippen LogP contribution is 2.46. The fourth-order valence-electron chi connectivity index (χ4n) is 0.979. The second-order valence-electron chi connectivity index (χ2n) is 2.48. The topological polar surface area (TPSA) is 17.1 Å². The molecular formula is C7H11OS2. The molecule has 1 aliphatic rings. The Kier molecular flexibility index (Phi) is 3.11. The van der Waals surface area contributed by atoms with Gasteiger partial charge in [0.25, 0.3) is 0 Å². The first-order chi connectivity index (χ1) is 4.77. The monoisotopic (exact) mass is 175 g/mol. The molecule has 1 heterocycles. The van der Waals surface area contributed by atoms with Gasteiger partial charge in [-0.05, 0) is 13.3 Å². The summed E-state index contributed by atoms with van der Waals surface area (Å²) in [6.07, 6.45) is 3.51. The molecule has 10 heavy (non-hydrogen) atoms. The van der Waals surface area contributed by atoms with Gasteiger partial charge in [-0.15, -0.1) is 23.5 Å². The lowest BCUT2D eigenvalue weighted by molar-refractivity contribution is 0.547. The van der Waals surface area contributed by atoms with Crippen LogP contribution in [0.15, 0.2) is 0 Å². The summed E-state index contributed by atoms with van der Waals surface area (Å²) in [5.74, 6) is 2.47. The van der Waals surface area contributed by atoms with Crippen LogP contribution >= 0.6 is 23.5 Å². The average molecular weight is 175 g/mol. The fraction of sp³-hybridized carbons (Fsp3) is 0.857. The van der Waals surface area contributed by atoms with Crippen LogP contribution in [0.4, 0.5) is 0 Å². The summed E-state index contributed by atoms with van der Waals surface area (Å²) in [6.45, 7) is 2.21. The van der Waals surface area contributed by atoms with Crippen molar-refractivity contribution in [3.63, 3.8) is 0 Å². The quantitative estimate of drug-likeness (QED) is 0.653. The number of carbonyl (C=O) groups excluding carboxylic acids is 1. The molecule has 0 unspecified atom stereocenters. The lowest BCUT2D eigenvalue weighted by Gasteiger charge is -2.19. The minimum absolute atomic E-state index is 0.317. The van der Waals surface area contributed by atoms with Gasteiger partial charge < -0.3 is 0 Å². The van der Waals surface area contributed by atoms with Crippen LogP contribution < -0.4 is 0 Å². The summed E-state index contributed by atoms with van der Waals surface area (Å²) in [5, 5.41) is 0. The van der Waals surface area contributed by atoms with Crippen molar-refractivity contribution in [3.8, 4) is 0 Å². The Morgan fingerprint density at radius 1 is 1.50 bits per heavy atom. The molecule has 0 aromatic rings. The predicted molar refractivity (Wildman–Crippen MR) is 48.2 cm³/mol. The van der Waals surface area contributed by atoms with Crippen molar-refractivity contribution in [2.24, 2.45) is 0 Å². The molecule has 0 aromatic heterocycles. The van der Waals surface area contributed by atoms with E-state index in [4.69, 9.17) is 0 Å². The Balaban J connectivity index is 2.28. The number of rotatable bonds is 3. The maximum atomic E-state index is 9.96. The Hall–Kier alpha value is 0.370. The summed E-state index contributed by atoms with van der Waals surface area (Å²) in [4.78, 5) is 9.96. The molecular weight excluding hydrogens is 164 g/mol. The minimum atomic E-state index is 0.317. The lowest BCUT2D eigenvalue weighted by Crippen LogP contribution is -2.10. The Morgan fingerprint density at radius 3 is 2.60 bits per heavy atom. The molecule has 1 radical (unpaired) electrons. The Morgan fingerprint density at radius 2 is 2.10 bits per heavy atom. The Labute approximate surface area is 70.3 Å². The predicted octanol–water partition coefficient (Wildman–Crippen LogP) is 2.07. The molecule has 1 nitrogen and oxygen atoms in total. The van der Waals surface area contributed by atoms with E-state index in [-0.39, 0.29) is 0 Å². The average Bonchev–Trinajstić information content (AvgIpc) is 2.33. The normalized spacial score (nSPS) is 22.9. The number of hydrogen-bond donors (Lipinski definition) is 0. The first kappa shape index (κ1) is 8.47. The number of hydrogen-bond acceptors (Lipinski definition) is 3. The first-order valence-electron chi connectivity index (χ1n) is 3.40. The van der Waals surface area contributed by atoms with Gasteiger partial charge in [-0.1, -0.05) is 0 Å². The van der Waals surface area contributed by atoms with Crippen LogP contribution in [-0.4, -0.2) is 21.9 Å². The second kappa shape index (κ2) is 3.67. The van der Waals surface area contributed by atoms with E-state index < -0.39 is 0 Å². The molecule has 1 rings (SSSR count). The number of thioether (sulfide) groups is 2. The maximum Gasteiger partial charge on any atom is 0.198 e. The van der Waals surface area contributed by atoms with E-state index in [1.54, 1.807) is 0 Å². The molecule has 0 saturated carbocycles. The second-order valence-corrected chi connectivity index (χ2v) is 5.93. The van der Waals surface area contributed by atoms with Crippen LogP contribution in [-0.2, 0) is 4.79 Å². The van der Waals surface area contributed by atoms with Gasteiger partial charge in [-0.25, -0.2) is 0 Å². The van der Waals surface area contributed by atoms with E-state index >= 15 is 0 Å². The smallest absolute Gasteiger partial charge is 0.198 e. The van der Waals surface area contributed by atoms with Crippen LogP contribution in [0.1, 0.15) is 19.8 Å². The van der Waals surface area contributed by atoms with Crippen molar-refractivity contribution in [2.75, 3.05) is 11.5 Å². The highest BCUT2D eigenvalue weighted by Gasteiger charge is 2.29. The van der Waals surface area contributed by atoms with Crippen molar-refractivity contribution in [3.05, 3.63) is 0 Å². The van der Waals surface area contributed by atoms with Gasteiger partial charge >= 0.3 is 0 Å². The van der Waals surface area contributed by atoms with Crippen LogP contribution in [0.5, 0.6) is 0 Å². The van der Waals surface area contributed by atoms with Gasteiger partial charge in [0.05, 0.1) is 4.08 Å². The minimum Gasteiger partial charge on any atom is -0.291 e. The van der Waals surface area contributed by atoms with Crippen LogP contribution in [0.2, 0.25) is 0 Å². The van der Waals surface area contributed by atoms with Gasteiger partial charge in [-0.2, -0.15) is 0 Å². The Bertz CT molecular complexity index is 119. The summed E-state index contributed by atoms with van der Waals surface area (Å²) >= 11 is 3.94. The maximum absolute atomic E-state index is 9.96. The van der Waals surface area contributed by atoms with Crippen molar-refractivity contribution >= 4 is 29.8 Å². The summed E-state index contributed by atoms with van der Waals surface area (Å²) in [5.41, 5.74) is 0. The summed E-state index contributed by atoms with van der Waals surface area (Å²) in [7, 11) is 0. The third-order valence-electron chi connectivity index (χ3n) is 1.58. The molecule has 0 amide bonds. The molecule has 0 spiro atoms. The van der Waals surface area contributed by atoms with Gasteiger partial charge in [-0.3, -0.25) is 4.79 Å². The van der Waals surface area contributed by atoms with Crippen molar-refractivity contribution in [1.29, 1.82) is 0 Å². The van der Waals surface area contributed by atoms with E-state index in [9.17, 15) is 4.79 Å². The van der Waals surface area contributed by atoms with Crippen molar-refractivity contribution < 1.29 is 4.79 Å². The van der Waals surface area contributed by atoms with Crippen molar-refractivity contribution in [2.45, 2.75) is 23.8 Å². The molecule has 0 atom stereocenters. The van der Waals surface area contributed by atoms with E-state index in [0.717, 1.165) is 6.42 Å². The van der Waals surface area contributed by atoms with Crippen LogP contribution in [0.3, 0.4) is 0 Å². The summed E-state index contributed by atoms with van der Waals surface area (Å²) < 4.78 is 0.317. The van der Waals surface area contributed by atoms with E-state index in [0.29, 0.717) is 10.5 Å². The van der Waals surface area contributed by atoms with Crippen LogP contribution in [0, 0.1) is 0 Å². The first-order valence-corrected chi connectivity index (χ1v) is 5.37. The standard InChI is InChI=1S/C7H11OS2/c1-7(3-2-4-8)9-5-6-10-7/h2-3,5-6H2,1H3. The largest absolute Gasteiger partial charge is 0.291 e. The molecule has 0 N–H and O–H groups in total. The fourth-order valence-corrected chi connectivity index (χ4v) is 3.84. The molecule has 0 aromatic carbocycles. The van der Waals surface area contributed by atoms with Gasteiger partial charge in [0.15, 0.2) is 6.29 Å². The third kappa shape index (κ3) is 2.20. The van der Waals surface area contributed by atoms with E-state index in [1.165, 1.54) is 11.5 Å². The molecule has 3 heteroatoms. The SMILES string of the molecule is CC1(CC[C]=O)SCCS1. The highest BCUT2D eigenvalue weighted by molar-refractivity contribution is 8.21. The molecule has 57 valence electrons. The van der Waals surface area contributed by atoms with Crippen molar-refractivity contribution in [1.82, 2.24) is 0 Å². The molecule has 1 saturated heterocycles. The van der Waals surface area contributed by atoms with Gasteiger partial charge in [0, 0.05) is 17.9 Å². The molecule has 1 fully saturated rings. The van der Waals surface area contributed by atoms with Crippen LogP contribution in [0.25, 0.3) is 0 Å².